The number of carbonyl (C=O) groups is 1. The van der Waals surface area contributed by atoms with Gasteiger partial charge in [-0.2, -0.15) is 0 Å². The second-order valence-corrected chi connectivity index (χ2v) is 5.86. The molecule has 0 radical (unpaired) electrons. The number of rotatable bonds is 4. The number of hydrogen-bond acceptors (Lipinski definition) is 2. The third-order valence-corrected chi connectivity index (χ3v) is 4.25. The molecule has 1 rings (SSSR count). The van der Waals surface area contributed by atoms with Crippen LogP contribution >= 0.6 is 0 Å². The Labute approximate surface area is 110 Å². The van der Waals surface area contributed by atoms with Crippen LogP contribution < -0.4 is 4.74 Å². The first-order valence-electron chi connectivity index (χ1n) is 6.53. The Balaban J connectivity index is 2.88. The van der Waals surface area contributed by atoms with E-state index in [0.717, 1.165) is 0 Å². The van der Waals surface area contributed by atoms with Gasteiger partial charge in [-0.3, -0.25) is 4.79 Å². The summed E-state index contributed by atoms with van der Waals surface area (Å²) in [6.07, 6.45) is 0. The lowest BCUT2D eigenvalue weighted by Gasteiger charge is -2.36. The Morgan fingerprint density at radius 2 is 1.61 bits per heavy atom. The zero-order valence-electron chi connectivity index (χ0n) is 12.3. The molecule has 1 aromatic carbocycles. The maximum absolute atomic E-state index is 10.9. The molecule has 0 N–H and O–H groups in total. The second kappa shape index (κ2) is 5.55. The molecule has 0 aromatic heterocycles. The van der Waals surface area contributed by atoms with E-state index in [2.05, 4.69) is 34.6 Å². The molecule has 0 saturated heterocycles. The Bertz CT molecular complexity index is 402. The van der Waals surface area contributed by atoms with Gasteiger partial charge >= 0.3 is 5.97 Å². The van der Waals surface area contributed by atoms with E-state index in [1.54, 1.807) is 0 Å². The van der Waals surface area contributed by atoms with Gasteiger partial charge in [0.05, 0.1) is 0 Å². The molecular formula is C16H24O2. The fraction of sp³-hybridized carbons (Fsp3) is 0.562. The van der Waals surface area contributed by atoms with Crippen molar-refractivity contribution >= 4 is 5.97 Å². The second-order valence-electron chi connectivity index (χ2n) is 5.86. The number of ether oxygens (including phenoxy) is 1. The van der Waals surface area contributed by atoms with Gasteiger partial charge in [0.15, 0.2) is 0 Å². The van der Waals surface area contributed by atoms with E-state index in [0.29, 0.717) is 17.6 Å². The van der Waals surface area contributed by atoms with E-state index in [-0.39, 0.29) is 11.4 Å². The largest absolute Gasteiger partial charge is 0.427 e. The summed E-state index contributed by atoms with van der Waals surface area (Å²) in [4.78, 5) is 10.9. The normalized spacial score (nSPS) is 13.5. The maximum Gasteiger partial charge on any atom is 0.308 e. The van der Waals surface area contributed by atoms with Crippen LogP contribution in [-0.4, -0.2) is 5.97 Å². The minimum absolute atomic E-state index is 0.239. The van der Waals surface area contributed by atoms with Crippen molar-refractivity contribution in [2.24, 2.45) is 11.3 Å². The topological polar surface area (TPSA) is 26.3 Å². The average molecular weight is 248 g/mol. The number of carbonyl (C=O) groups excluding carboxylic acids is 1. The van der Waals surface area contributed by atoms with Gasteiger partial charge in [-0.1, -0.05) is 46.8 Å². The third-order valence-electron chi connectivity index (χ3n) is 4.25. The summed E-state index contributed by atoms with van der Waals surface area (Å²) in [5.74, 6) is 1.41. The van der Waals surface area contributed by atoms with E-state index in [1.165, 1.54) is 12.5 Å². The van der Waals surface area contributed by atoms with Gasteiger partial charge < -0.3 is 4.74 Å². The predicted octanol–water partition coefficient (Wildman–Crippen LogP) is 4.40. The molecule has 2 nitrogen and oxygen atoms in total. The van der Waals surface area contributed by atoms with E-state index in [9.17, 15) is 4.79 Å². The van der Waals surface area contributed by atoms with Crippen LogP contribution in [0.5, 0.6) is 5.75 Å². The summed E-state index contributed by atoms with van der Waals surface area (Å²) in [6, 6.07) is 7.83. The van der Waals surface area contributed by atoms with Crippen molar-refractivity contribution in [2.45, 2.75) is 47.5 Å². The fourth-order valence-corrected chi connectivity index (χ4v) is 1.92. The molecule has 0 heterocycles. The number of esters is 1. The highest BCUT2D eigenvalue weighted by Gasteiger charge is 2.30. The van der Waals surface area contributed by atoms with Crippen LogP contribution in [0.2, 0.25) is 0 Å². The molecule has 0 aliphatic heterocycles. The highest BCUT2D eigenvalue weighted by Crippen LogP contribution is 2.41. The molecule has 100 valence electrons. The summed E-state index contributed by atoms with van der Waals surface area (Å²) in [5.41, 5.74) is 1.52. The van der Waals surface area contributed by atoms with Gasteiger partial charge in [-0.25, -0.2) is 0 Å². The van der Waals surface area contributed by atoms with Crippen molar-refractivity contribution in [1.29, 1.82) is 0 Å². The lowest BCUT2D eigenvalue weighted by molar-refractivity contribution is -0.131. The molecule has 2 heteroatoms. The molecule has 0 aliphatic carbocycles. The van der Waals surface area contributed by atoms with Crippen LogP contribution in [0.25, 0.3) is 0 Å². The van der Waals surface area contributed by atoms with Gasteiger partial charge in [-0.05, 0) is 34.9 Å². The van der Waals surface area contributed by atoms with Crippen LogP contribution in [0.15, 0.2) is 24.3 Å². The first-order chi connectivity index (χ1) is 8.25. The summed E-state index contributed by atoms with van der Waals surface area (Å²) < 4.78 is 5.04. The van der Waals surface area contributed by atoms with E-state index >= 15 is 0 Å². The minimum Gasteiger partial charge on any atom is -0.427 e. The molecule has 0 aliphatic rings. The summed E-state index contributed by atoms with van der Waals surface area (Å²) in [7, 11) is 0. The van der Waals surface area contributed by atoms with Gasteiger partial charge in [0.25, 0.3) is 0 Å². The first-order valence-corrected chi connectivity index (χ1v) is 6.53. The summed E-state index contributed by atoms with van der Waals surface area (Å²) in [5, 5.41) is 0. The lowest BCUT2D eigenvalue weighted by Crippen LogP contribution is -2.26. The Kier molecular flexibility index (Phi) is 4.55. The van der Waals surface area contributed by atoms with Crippen LogP contribution in [0.4, 0.5) is 0 Å². The highest BCUT2D eigenvalue weighted by molar-refractivity contribution is 5.69. The molecule has 18 heavy (non-hydrogen) atoms. The van der Waals surface area contributed by atoms with Crippen molar-refractivity contribution in [2.75, 3.05) is 0 Å². The fourth-order valence-electron chi connectivity index (χ4n) is 1.92. The number of hydrogen-bond donors (Lipinski definition) is 0. The third kappa shape index (κ3) is 3.34. The molecule has 1 unspecified atom stereocenters. The Morgan fingerprint density at radius 1 is 1.11 bits per heavy atom. The Morgan fingerprint density at radius 3 is 2.00 bits per heavy atom. The van der Waals surface area contributed by atoms with Crippen LogP contribution in [0, 0.1) is 11.3 Å². The zero-order valence-corrected chi connectivity index (χ0v) is 12.3. The summed E-state index contributed by atoms with van der Waals surface area (Å²) >= 11 is 0. The first kappa shape index (κ1) is 14.7. The molecule has 1 aromatic rings. The van der Waals surface area contributed by atoms with Gasteiger partial charge in [0.1, 0.15) is 5.75 Å². The molecule has 0 amide bonds. The van der Waals surface area contributed by atoms with E-state index in [4.69, 9.17) is 4.74 Å². The van der Waals surface area contributed by atoms with Crippen molar-refractivity contribution < 1.29 is 9.53 Å². The van der Waals surface area contributed by atoms with E-state index < -0.39 is 0 Å². The predicted molar refractivity (Wildman–Crippen MR) is 74.8 cm³/mol. The van der Waals surface area contributed by atoms with Crippen molar-refractivity contribution in [3.8, 4) is 5.75 Å². The van der Waals surface area contributed by atoms with Crippen molar-refractivity contribution in [1.82, 2.24) is 0 Å². The highest BCUT2D eigenvalue weighted by atomic mass is 16.5. The van der Waals surface area contributed by atoms with Crippen LogP contribution in [-0.2, 0) is 4.79 Å². The van der Waals surface area contributed by atoms with Crippen LogP contribution in [0.3, 0.4) is 0 Å². The molecule has 0 spiro atoms. The smallest absolute Gasteiger partial charge is 0.308 e. The molecule has 0 saturated carbocycles. The summed E-state index contributed by atoms with van der Waals surface area (Å²) in [6.45, 7) is 12.8. The van der Waals surface area contributed by atoms with Gasteiger partial charge in [-0.15, -0.1) is 0 Å². The average Bonchev–Trinajstić information content (AvgIpc) is 2.28. The van der Waals surface area contributed by atoms with Crippen molar-refractivity contribution in [3.05, 3.63) is 29.8 Å². The lowest BCUT2D eigenvalue weighted by atomic mass is 9.69. The monoisotopic (exact) mass is 248 g/mol. The number of benzene rings is 1. The molecule has 0 bridgehead atoms. The van der Waals surface area contributed by atoms with E-state index in [1.807, 2.05) is 24.3 Å². The molecule has 0 fully saturated rings. The van der Waals surface area contributed by atoms with Crippen LogP contribution in [0.1, 0.15) is 53.0 Å². The molecule has 1 atom stereocenters. The minimum atomic E-state index is -0.279. The van der Waals surface area contributed by atoms with Gasteiger partial charge in [0, 0.05) is 6.92 Å². The maximum atomic E-state index is 10.9. The quantitative estimate of drug-likeness (QED) is 0.583. The standard InChI is InChI=1S/C16H24O2/c1-11(2)16(5,6)12(3)14-7-9-15(10-8-14)18-13(4)17/h7-12H,1-6H3. The SMILES string of the molecule is CC(=O)Oc1ccc(C(C)C(C)(C)C(C)C)cc1. The Hall–Kier alpha value is -1.31. The van der Waals surface area contributed by atoms with Crippen molar-refractivity contribution in [3.63, 3.8) is 0 Å². The molecular weight excluding hydrogens is 224 g/mol. The zero-order chi connectivity index (χ0) is 13.9. The van der Waals surface area contributed by atoms with Gasteiger partial charge in [0.2, 0.25) is 0 Å².